The quantitative estimate of drug-likeness (QED) is 0.813. The summed E-state index contributed by atoms with van der Waals surface area (Å²) in [6.45, 7) is 2.00. The van der Waals surface area contributed by atoms with Crippen LogP contribution in [0.25, 0.3) is 0 Å². The molecule has 1 fully saturated rings. The standard InChI is InChI=1S/C17H21FN4O3S2/c18-10-12-3-6-22(7-4-12)15-5-8-25-16-9-13(1-2-14(15)16)27(23,24)21-17-19-11-20-26-17/h1-2,9,11-12,15H,3-8,10H2,(H,19,20,21)/t15-/m0/s1. The highest BCUT2D eigenvalue weighted by atomic mass is 32.2. The fourth-order valence-electron chi connectivity index (χ4n) is 3.71. The van der Waals surface area contributed by atoms with E-state index in [9.17, 15) is 12.8 Å². The van der Waals surface area contributed by atoms with Crippen LogP contribution >= 0.6 is 11.5 Å². The van der Waals surface area contributed by atoms with Gasteiger partial charge in [0.15, 0.2) is 0 Å². The minimum Gasteiger partial charge on any atom is -0.493 e. The van der Waals surface area contributed by atoms with Crippen molar-refractivity contribution in [2.45, 2.75) is 30.2 Å². The third-order valence-corrected chi connectivity index (χ3v) is 7.24. The third-order valence-electron chi connectivity index (χ3n) is 5.19. The Morgan fingerprint density at radius 1 is 1.30 bits per heavy atom. The predicted octanol–water partition coefficient (Wildman–Crippen LogP) is 2.84. The van der Waals surface area contributed by atoms with Crippen LogP contribution in [-0.4, -0.2) is 49.0 Å². The van der Waals surface area contributed by atoms with Gasteiger partial charge in [-0.3, -0.25) is 14.0 Å². The first-order valence-corrected chi connectivity index (χ1v) is 11.2. The van der Waals surface area contributed by atoms with Crippen molar-refractivity contribution >= 4 is 26.7 Å². The van der Waals surface area contributed by atoms with Gasteiger partial charge in [0.2, 0.25) is 5.13 Å². The van der Waals surface area contributed by atoms with Crippen LogP contribution in [-0.2, 0) is 10.0 Å². The van der Waals surface area contributed by atoms with Crippen molar-refractivity contribution in [3.8, 4) is 5.75 Å². The third kappa shape index (κ3) is 3.92. The zero-order valence-electron chi connectivity index (χ0n) is 14.7. The number of alkyl halides is 1. The highest BCUT2D eigenvalue weighted by Crippen LogP contribution is 2.39. The van der Waals surface area contributed by atoms with Crippen molar-refractivity contribution in [3.05, 3.63) is 30.1 Å². The maximum absolute atomic E-state index is 12.9. The smallest absolute Gasteiger partial charge is 0.263 e. The second-order valence-corrected chi connectivity index (χ2v) is 9.30. The largest absolute Gasteiger partial charge is 0.493 e. The molecule has 7 nitrogen and oxygen atoms in total. The number of rotatable bonds is 5. The molecule has 0 spiro atoms. The van der Waals surface area contributed by atoms with E-state index in [1.165, 1.54) is 6.33 Å². The lowest BCUT2D eigenvalue weighted by molar-refractivity contribution is 0.0920. The van der Waals surface area contributed by atoms with E-state index in [1.807, 2.05) is 6.07 Å². The van der Waals surface area contributed by atoms with E-state index < -0.39 is 10.0 Å². The molecule has 0 bridgehead atoms. The molecule has 1 aromatic heterocycles. The second kappa shape index (κ2) is 7.69. The lowest BCUT2D eigenvalue weighted by atomic mass is 9.93. The number of benzene rings is 1. The van der Waals surface area contributed by atoms with Gasteiger partial charge in [-0.25, -0.2) is 13.4 Å². The first-order chi connectivity index (χ1) is 13.1. The van der Waals surface area contributed by atoms with Gasteiger partial charge in [0, 0.05) is 35.6 Å². The number of anilines is 1. The SMILES string of the molecule is O=S(=O)(Nc1ncns1)c1ccc2c(c1)OCC[C@@H]2N1CCC(CF)CC1. The topological polar surface area (TPSA) is 84.4 Å². The fraction of sp³-hybridized carbons (Fsp3) is 0.529. The van der Waals surface area contributed by atoms with Crippen molar-refractivity contribution in [3.63, 3.8) is 0 Å². The van der Waals surface area contributed by atoms with E-state index in [0.29, 0.717) is 12.4 Å². The molecule has 0 amide bonds. The van der Waals surface area contributed by atoms with Gasteiger partial charge < -0.3 is 4.74 Å². The van der Waals surface area contributed by atoms with Crippen LogP contribution in [0.3, 0.4) is 0 Å². The van der Waals surface area contributed by atoms with E-state index >= 15 is 0 Å². The van der Waals surface area contributed by atoms with Crippen molar-refractivity contribution < 1.29 is 17.5 Å². The summed E-state index contributed by atoms with van der Waals surface area (Å²) in [6.07, 6.45) is 3.88. The van der Waals surface area contributed by atoms with Gasteiger partial charge in [-0.05, 0) is 37.9 Å². The minimum atomic E-state index is -3.75. The highest BCUT2D eigenvalue weighted by molar-refractivity contribution is 7.93. The average Bonchev–Trinajstić information content (AvgIpc) is 3.19. The van der Waals surface area contributed by atoms with Gasteiger partial charge in [0.1, 0.15) is 12.1 Å². The Morgan fingerprint density at radius 3 is 2.81 bits per heavy atom. The van der Waals surface area contributed by atoms with Crippen LogP contribution in [0.4, 0.5) is 9.52 Å². The van der Waals surface area contributed by atoms with Crippen molar-refractivity contribution in [2.24, 2.45) is 5.92 Å². The Bertz CT molecular complexity index is 884. The predicted molar refractivity (Wildman–Crippen MR) is 100 cm³/mol. The van der Waals surface area contributed by atoms with E-state index in [2.05, 4.69) is 19.0 Å². The van der Waals surface area contributed by atoms with Gasteiger partial charge in [0.25, 0.3) is 10.0 Å². The summed E-state index contributed by atoms with van der Waals surface area (Å²) >= 11 is 0.978. The number of fused-ring (bicyclic) bond motifs is 1. The minimum absolute atomic E-state index is 0.133. The molecule has 4 rings (SSSR count). The van der Waals surface area contributed by atoms with E-state index in [1.54, 1.807) is 12.1 Å². The number of likely N-dealkylation sites (tertiary alicyclic amines) is 1. The Balaban J connectivity index is 1.55. The van der Waals surface area contributed by atoms with Gasteiger partial charge in [0.05, 0.1) is 18.2 Å². The van der Waals surface area contributed by atoms with Gasteiger partial charge in [-0.2, -0.15) is 4.37 Å². The fourth-order valence-corrected chi connectivity index (χ4v) is 5.38. The summed E-state index contributed by atoms with van der Waals surface area (Å²) in [5.41, 5.74) is 0.995. The maximum Gasteiger partial charge on any atom is 0.263 e. The average molecular weight is 413 g/mol. The molecule has 2 aliphatic heterocycles. The molecule has 0 saturated carbocycles. The molecule has 2 aliphatic rings. The zero-order chi connectivity index (χ0) is 18.9. The number of piperidine rings is 1. The van der Waals surface area contributed by atoms with Crippen molar-refractivity contribution in [1.29, 1.82) is 0 Å². The van der Waals surface area contributed by atoms with Crippen LogP contribution in [0, 0.1) is 5.92 Å². The maximum atomic E-state index is 12.9. The molecule has 27 heavy (non-hydrogen) atoms. The summed E-state index contributed by atoms with van der Waals surface area (Å²) in [5.74, 6) is 0.763. The molecule has 0 unspecified atom stereocenters. The first-order valence-electron chi connectivity index (χ1n) is 8.93. The molecule has 3 heterocycles. The number of halogens is 1. The Kier molecular flexibility index (Phi) is 5.29. The Hall–Kier alpha value is -1.78. The summed E-state index contributed by atoms with van der Waals surface area (Å²) in [4.78, 5) is 6.35. The monoisotopic (exact) mass is 412 g/mol. The molecule has 146 valence electrons. The molecule has 2 aromatic rings. The summed E-state index contributed by atoms with van der Waals surface area (Å²) < 4.78 is 50.0. The number of sulfonamides is 1. The van der Waals surface area contributed by atoms with E-state index in [0.717, 1.165) is 49.4 Å². The van der Waals surface area contributed by atoms with Crippen molar-refractivity contribution in [2.75, 3.05) is 31.1 Å². The Morgan fingerprint density at radius 2 is 2.11 bits per heavy atom. The van der Waals surface area contributed by atoms with Crippen LogP contribution in [0.5, 0.6) is 5.75 Å². The van der Waals surface area contributed by atoms with Gasteiger partial charge in [-0.1, -0.05) is 6.07 Å². The number of aromatic nitrogens is 2. The van der Waals surface area contributed by atoms with E-state index in [-0.39, 0.29) is 28.7 Å². The molecular weight excluding hydrogens is 391 g/mol. The normalized spacial score (nSPS) is 21.4. The van der Waals surface area contributed by atoms with Gasteiger partial charge in [-0.15, -0.1) is 0 Å². The van der Waals surface area contributed by atoms with Crippen LogP contribution in [0.15, 0.2) is 29.4 Å². The van der Waals surface area contributed by atoms with Crippen molar-refractivity contribution in [1.82, 2.24) is 14.3 Å². The lowest BCUT2D eigenvalue weighted by Crippen LogP contribution is -2.39. The van der Waals surface area contributed by atoms with Crippen LogP contribution in [0.1, 0.15) is 30.9 Å². The zero-order valence-corrected chi connectivity index (χ0v) is 16.3. The number of nitrogens with zero attached hydrogens (tertiary/aromatic N) is 3. The summed E-state index contributed by atoms with van der Waals surface area (Å²) in [6, 6.07) is 5.18. The summed E-state index contributed by atoms with van der Waals surface area (Å²) in [5, 5.41) is 0.224. The molecule has 1 saturated heterocycles. The van der Waals surface area contributed by atoms with Crippen LogP contribution in [0.2, 0.25) is 0 Å². The molecule has 10 heteroatoms. The molecule has 1 atom stereocenters. The van der Waals surface area contributed by atoms with Gasteiger partial charge >= 0.3 is 0 Å². The molecule has 0 aliphatic carbocycles. The number of hydrogen-bond acceptors (Lipinski definition) is 7. The summed E-state index contributed by atoms with van der Waals surface area (Å²) in [7, 11) is -3.75. The van der Waals surface area contributed by atoms with E-state index in [4.69, 9.17) is 4.74 Å². The highest BCUT2D eigenvalue weighted by Gasteiger charge is 2.31. The second-order valence-electron chi connectivity index (χ2n) is 6.84. The first kappa shape index (κ1) is 18.6. The molecular formula is C17H21FN4O3S2. The van der Waals surface area contributed by atoms with Crippen LogP contribution < -0.4 is 9.46 Å². The molecule has 0 radical (unpaired) electrons. The Labute approximate surface area is 161 Å². The molecule has 1 N–H and O–H groups in total. The number of hydrogen-bond donors (Lipinski definition) is 1. The number of ether oxygens (including phenoxy) is 1. The number of nitrogens with one attached hydrogen (secondary N) is 1. The lowest BCUT2D eigenvalue weighted by Gasteiger charge is -2.39. The molecule has 1 aromatic carbocycles.